The molecule has 0 N–H and O–H groups in total. The Kier molecular flexibility index (Phi) is 4.92. The van der Waals surface area contributed by atoms with Gasteiger partial charge in [-0.2, -0.15) is 0 Å². The maximum Gasteiger partial charge on any atom is 0.254 e. The maximum atomic E-state index is 12.7. The fourth-order valence-corrected chi connectivity index (χ4v) is 2.67. The van der Waals surface area contributed by atoms with E-state index in [4.69, 9.17) is 18.9 Å². The second kappa shape index (κ2) is 7.29. The predicted molar refractivity (Wildman–Crippen MR) is 90.7 cm³/mol. The molecule has 0 atom stereocenters. The Morgan fingerprint density at radius 1 is 1.12 bits per heavy atom. The largest absolute Gasteiger partial charge is 0.493 e. The highest BCUT2D eigenvalue weighted by Crippen LogP contribution is 2.38. The number of amides is 1. The van der Waals surface area contributed by atoms with Crippen molar-refractivity contribution >= 4 is 5.91 Å². The molecule has 3 rings (SSSR count). The Labute approximate surface area is 146 Å². The number of aromatic nitrogens is 1. The van der Waals surface area contributed by atoms with Gasteiger partial charge in [-0.1, -0.05) is 0 Å². The van der Waals surface area contributed by atoms with Crippen LogP contribution >= 0.6 is 0 Å². The molecule has 2 aromatic rings. The fourth-order valence-electron chi connectivity index (χ4n) is 2.67. The number of carbonyl (C=O) groups excluding carboxylic acids is 1. The molecule has 1 aliphatic rings. The summed E-state index contributed by atoms with van der Waals surface area (Å²) in [6.07, 6.45) is 3.31. The van der Waals surface area contributed by atoms with Crippen LogP contribution in [0.5, 0.6) is 23.0 Å². The average molecular weight is 344 g/mol. The molecule has 0 saturated carbocycles. The van der Waals surface area contributed by atoms with Gasteiger partial charge in [0.05, 0.1) is 40.6 Å². The molecule has 0 aliphatic carbocycles. The molecule has 0 bridgehead atoms. The zero-order chi connectivity index (χ0) is 17.8. The van der Waals surface area contributed by atoms with Gasteiger partial charge in [-0.3, -0.25) is 9.78 Å². The number of nitrogens with zero attached hydrogens (tertiary/aromatic N) is 2. The van der Waals surface area contributed by atoms with Crippen LogP contribution in [0.1, 0.15) is 10.4 Å². The first kappa shape index (κ1) is 16.9. The normalized spacial score (nSPS) is 13.8. The first-order chi connectivity index (χ1) is 12.2. The lowest BCUT2D eigenvalue weighted by molar-refractivity contribution is 0.0176. The van der Waals surface area contributed by atoms with Crippen molar-refractivity contribution in [1.29, 1.82) is 0 Å². The lowest BCUT2D eigenvalue weighted by Gasteiger charge is -2.39. The Hall–Kier alpha value is -2.96. The molecule has 0 unspecified atom stereocenters. The molecular weight excluding hydrogens is 324 g/mol. The number of carbonyl (C=O) groups is 1. The highest BCUT2D eigenvalue weighted by atomic mass is 16.5. The van der Waals surface area contributed by atoms with Crippen molar-refractivity contribution in [2.24, 2.45) is 0 Å². The molecule has 7 nitrogen and oxygen atoms in total. The van der Waals surface area contributed by atoms with E-state index in [0.717, 1.165) is 0 Å². The lowest BCUT2D eigenvalue weighted by Crippen LogP contribution is -2.56. The van der Waals surface area contributed by atoms with Crippen LogP contribution in [0.2, 0.25) is 0 Å². The predicted octanol–water partition coefficient (Wildman–Crippen LogP) is 2.01. The average Bonchev–Trinajstić information content (AvgIpc) is 2.63. The Morgan fingerprint density at radius 2 is 1.80 bits per heavy atom. The van der Waals surface area contributed by atoms with Crippen LogP contribution in [0.3, 0.4) is 0 Å². The second-order valence-corrected chi connectivity index (χ2v) is 5.55. The fraction of sp³-hybridized carbons (Fsp3) is 0.333. The van der Waals surface area contributed by atoms with Crippen molar-refractivity contribution in [3.8, 4) is 23.0 Å². The van der Waals surface area contributed by atoms with Crippen LogP contribution < -0.4 is 18.9 Å². The molecule has 1 amide bonds. The van der Waals surface area contributed by atoms with Gasteiger partial charge in [0.25, 0.3) is 5.91 Å². The summed E-state index contributed by atoms with van der Waals surface area (Å²) in [5, 5.41) is 0. The molecule has 0 spiro atoms. The summed E-state index contributed by atoms with van der Waals surface area (Å²) >= 11 is 0. The molecule has 1 saturated heterocycles. The third kappa shape index (κ3) is 3.45. The molecule has 7 heteroatoms. The monoisotopic (exact) mass is 344 g/mol. The van der Waals surface area contributed by atoms with Gasteiger partial charge < -0.3 is 23.8 Å². The maximum absolute atomic E-state index is 12.7. The Bertz CT molecular complexity index is 719. The standard InChI is InChI=1S/C18H20N2O5/c1-22-15-7-12(8-16(23-2)17(15)24-3)18(21)20-10-14(11-20)25-13-5-4-6-19-9-13/h4-9,14H,10-11H2,1-3H3. The van der Waals surface area contributed by atoms with Crippen molar-refractivity contribution in [1.82, 2.24) is 9.88 Å². The number of ether oxygens (including phenoxy) is 4. The van der Waals surface area contributed by atoms with Crippen molar-refractivity contribution in [3.63, 3.8) is 0 Å². The summed E-state index contributed by atoms with van der Waals surface area (Å²) in [6, 6.07) is 6.96. The third-order valence-corrected chi connectivity index (χ3v) is 3.98. The van der Waals surface area contributed by atoms with Crippen LogP contribution in [-0.2, 0) is 0 Å². The van der Waals surface area contributed by atoms with E-state index in [1.807, 2.05) is 12.1 Å². The summed E-state index contributed by atoms with van der Waals surface area (Å²) in [7, 11) is 4.57. The van der Waals surface area contributed by atoms with Crippen molar-refractivity contribution in [3.05, 3.63) is 42.2 Å². The molecular formula is C18H20N2O5. The highest BCUT2D eigenvalue weighted by molar-refractivity contribution is 5.96. The topological polar surface area (TPSA) is 70.1 Å². The van der Waals surface area contributed by atoms with Gasteiger partial charge in [-0.05, 0) is 24.3 Å². The molecule has 1 aliphatic heterocycles. The van der Waals surface area contributed by atoms with Gasteiger partial charge in [0, 0.05) is 11.8 Å². The van der Waals surface area contributed by atoms with E-state index < -0.39 is 0 Å². The van der Waals surface area contributed by atoms with E-state index >= 15 is 0 Å². The zero-order valence-corrected chi connectivity index (χ0v) is 14.4. The van der Waals surface area contributed by atoms with Crippen LogP contribution in [0, 0.1) is 0 Å². The van der Waals surface area contributed by atoms with Gasteiger partial charge >= 0.3 is 0 Å². The van der Waals surface area contributed by atoms with Gasteiger partial charge in [0.15, 0.2) is 11.5 Å². The van der Waals surface area contributed by atoms with E-state index in [1.54, 1.807) is 29.4 Å². The number of pyridine rings is 1. The van der Waals surface area contributed by atoms with Crippen molar-refractivity contribution < 1.29 is 23.7 Å². The van der Waals surface area contributed by atoms with Gasteiger partial charge in [0.1, 0.15) is 11.9 Å². The highest BCUT2D eigenvalue weighted by Gasteiger charge is 2.33. The number of likely N-dealkylation sites (tertiary alicyclic amines) is 1. The van der Waals surface area contributed by atoms with E-state index in [0.29, 0.717) is 41.7 Å². The SMILES string of the molecule is COc1cc(C(=O)N2CC(Oc3cccnc3)C2)cc(OC)c1OC. The molecule has 0 radical (unpaired) electrons. The first-order valence-corrected chi connectivity index (χ1v) is 7.82. The van der Waals surface area contributed by atoms with E-state index in [-0.39, 0.29) is 12.0 Å². The summed E-state index contributed by atoms with van der Waals surface area (Å²) in [5.74, 6) is 1.96. The third-order valence-electron chi connectivity index (χ3n) is 3.98. The smallest absolute Gasteiger partial charge is 0.254 e. The molecule has 1 aromatic heterocycles. The first-order valence-electron chi connectivity index (χ1n) is 7.82. The van der Waals surface area contributed by atoms with Gasteiger partial charge in [-0.15, -0.1) is 0 Å². The van der Waals surface area contributed by atoms with Crippen LogP contribution in [0.25, 0.3) is 0 Å². The van der Waals surface area contributed by atoms with Crippen molar-refractivity contribution in [2.45, 2.75) is 6.10 Å². The van der Waals surface area contributed by atoms with E-state index in [1.165, 1.54) is 21.3 Å². The summed E-state index contributed by atoms with van der Waals surface area (Å²) in [4.78, 5) is 18.4. The minimum atomic E-state index is -0.106. The molecule has 1 fully saturated rings. The number of hydrogen-bond acceptors (Lipinski definition) is 6. The van der Waals surface area contributed by atoms with Gasteiger partial charge in [-0.25, -0.2) is 0 Å². The lowest BCUT2D eigenvalue weighted by atomic mass is 10.1. The summed E-state index contributed by atoms with van der Waals surface area (Å²) in [5.41, 5.74) is 0.481. The quantitative estimate of drug-likeness (QED) is 0.798. The molecule has 1 aromatic carbocycles. The second-order valence-electron chi connectivity index (χ2n) is 5.55. The van der Waals surface area contributed by atoms with Crippen molar-refractivity contribution in [2.75, 3.05) is 34.4 Å². The van der Waals surface area contributed by atoms with E-state index in [9.17, 15) is 4.79 Å². The van der Waals surface area contributed by atoms with Gasteiger partial charge in [0.2, 0.25) is 5.75 Å². The summed E-state index contributed by atoms with van der Waals surface area (Å²) < 4.78 is 21.6. The van der Waals surface area contributed by atoms with E-state index in [2.05, 4.69) is 4.98 Å². The summed E-state index contributed by atoms with van der Waals surface area (Å²) in [6.45, 7) is 1.04. The molecule has 2 heterocycles. The minimum Gasteiger partial charge on any atom is -0.493 e. The number of rotatable bonds is 6. The Balaban J connectivity index is 1.68. The van der Waals surface area contributed by atoms with Crippen LogP contribution in [0.4, 0.5) is 0 Å². The molecule has 132 valence electrons. The number of benzene rings is 1. The number of hydrogen-bond donors (Lipinski definition) is 0. The molecule has 25 heavy (non-hydrogen) atoms. The minimum absolute atomic E-state index is 0.0322. The number of methoxy groups -OCH3 is 3. The van der Waals surface area contributed by atoms with Crippen LogP contribution in [0.15, 0.2) is 36.7 Å². The zero-order valence-electron chi connectivity index (χ0n) is 14.4. The van der Waals surface area contributed by atoms with Crippen LogP contribution in [-0.4, -0.2) is 56.3 Å². The Morgan fingerprint density at radius 3 is 2.32 bits per heavy atom.